The summed E-state index contributed by atoms with van der Waals surface area (Å²) in [7, 11) is 0. The molecule has 0 atom stereocenters. The topological polar surface area (TPSA) is 12.9 Å². The van der Waals surface area contributed by atoms with Gasteiger partial charge in [-0.3, -0.25) is 0 Å². The van der Waals surface area contributed by atoms with E-state index in [1.807, 2.05) is 11.3 Å². The maximum absolute atomic E-state index is 5.12. The summed E-state index contributed by atoms with van der Waals surface area (Å²) in [6, 6.07) is 24.1. The number of aryl methyl sites for hydroxylation is 1. The van der Waals surface area contributed by atoms with E-state index in [0.29, 0.717) is 0 Å². The molecule has 0 radical (unpaired) electrons. The highest BCUT2D eigenvalue weighted by molar-refractivity contribution is 7.20. The Bertz CT molecular complexity index is 1350. The van der Waals surface area contributed by atoms with E-state index in [0.717, 1.165) is 11.2 Å². The Labute approximate surface area is 169 Å². The minimum Gasteiger partial charge on any atom is -0.247 e. The molecule has 2 heteroatoms. The molecule has 0 spiro atoms. The van der Waals surface area contributed by atoms with Gasteiger partial charge in [0.15, 0.2) is 0 Å². The summed E-state index contributed by atoms with van der Waals surface area (Å²) in [4.78, 5) is 6.45. The molecule has 0 amide bonds. The lowest BCUT2D eigenvalue weighted by Crippen LogP contribution is -2.12. The van der Waals surface area contributed by atoms with Crippen LogP contribution >= 0.6 is 11.3 Å². The van der Waals surface area contributed by atoms with Crippen molar-refractivity contribution in [2.45, 2.75) is 33.1 Å². The number of nitrogens with zero attached hydrogens (tertiary/aromatic N) is 1. The standard InChI is InChI=1S/C26H23NS/c1-16-13-21-24(27-23-12-8-7-11-20(23)25(21)28-16)18-14-17-9-5-6-10-19(17)22(15-18)26(2,3)4/h5-15H,1-4H3. The summed E-state index contributed by atoms with van der Waals surface area (Å²) in [5, 5.41) is 5.12. The Morgan fingerprint density at radius 2 is 1.50 bits per heavy atom. The summed E-state index contributed by atoms with van der Waals surface area (Å²) >= 11 is 1.86. The SMILES string of the molecule is Cc1cc2c(-c3cc(C(C)(C)C)c4ccccc4c3)nc3ccccc3c2s1. The van der Waals surface area contributed by atoms with Crippen LogP contribution in [0.4, 0.5) is 0 Å². The van der Waals surface area contributed by atoms with E-state index < -0.39 is 0 Å². The second kappa shape index (κ2) is 6.15. The number of pyridine rings is 1. The number of fused-ring (bicyclic) bond motifs is 4. The van der Waals surface area contributed by atoms with E-state index in [1.165, 1.54) is 42.2 Å². The van der Waals surface area contributed by atoms with Crippen molar-refractivity contribution in [3.8, 4) is 11.3 Å². The van der Waals surface area contributed by atoms with E-state index in [-0.39, 0.29) is 5.41 Å². The van der Waals surface area contributed by atoms with Gasteiger partial charge in [-0.15, -0.1) is 11.3 Å². The van der Waals surface area contributed by atoms with Crippen LogP contribution in [-0.4, -0.2) is 4.98 Å². The van der Waals surface area contributed by atoms with E-state index >= 15 is 0 Å². The summed E-state index contributed by atoms with van der Waals surface area (Å²) in [6.07, 6.45) is 0. The summed E-state index contributed by atoms with van der Waals surface area (Å²) in [5.41, 5.74) is 4.80. The second-order valence-corrected chi connectivity index (χ2v) is 9.83. The predicted molar refractivity (Wildman–Crippen MR) is 124 cm³/mol. The molecule has 0 aliphatic carbocycles. The molecule has 0 N–H and O–H groups in total. The molecule has 3 aromatic carbocycles. The first-order valence-corrected chi connectivity index (χ1v) is 10.6. The van der Waals surface area contributed by atoms with Gasteiger partial charge in [0, 0.05) is 25.9 Å². The number of rotatable bonds is 1. The first-order valence-electron chi connectivity index (χ1n) is 9.74. The highest BCUT2D eigenvalue weighted by Crippen LogP contribution is 2.40. The normalized spacial score (nSPS) is 12.3. The maximum atomic E-state index is 5.12. The Morgan fingerprint density at radius 3 is 2.29 bits per heavy atom. The van der Waals surface area contributed by atoms with Crippen LogP contribution in [0.5, 0.6) is 0 Å². The molecule has 0 saturated heterocycles. The number of aromatic nitrogens is 1. The Hall–Kier alpha value is -2.71. The van der Waals surface area contributed by atoms with Gasteiger partial charge in [0.25, 0.3) is 0 Å². The van der Waals surface area contributed by atoms with Gasteiger partial charge in [-0.2, -0.15) is 0 Å². The Kier molecular flexibility index (Phi) is 3.82. The van der Waals surface area contributed by atoms with Crippen LogP contribution in [0.15, 0.2) is 66.7 Å². The number of hydrogen-bond donors (Lipinski definition) is 0. The number of benzene rings is 3. The predicted octanol–water partition coefficient (Wildman–Crippen LogP) is 7.88. The molecule has 5 aromatic rings. The highest BCUT2D eigenvalue weighted by Gasteiger charge is 2.20. The zero-order chi connectivity index (χ0) is 19.5. The monoisotopic (exact) mass is 381 g/mol. The van der Waals surface area contributed by atoms with Gasteiger partial charge < -0.3 is 0 Å². The van der Waals surface area contributed by atoms with Crippen molar-refractivity contribution in [1.29, 1.82) is 0 Å². The summed E-state index contributed by atoms with van der Waals surface area (Å²) in [6.45, 7) is 9.05. The first-order chi connectivity index (χ1) is 13.4. The molecule has 2 aromatic heterocycles. The quantitative estimate of drug-likeness (QED) is 0.288. The molecule has 0 fully saturated rings. The number of thiophene rings is 1. The number of hydrogen-bond acceptors (Lipinski definition) is 2. The second-order valence-electron chi connectivity index (χ2n) is 8.57. The molecule has 2 heterocycles. The van der Waals surface area contributed by atoms with Crippen molar-refractivity contribution in [1.82, 2.24) is 4.98 Å². The molecule has 5 rings (SSSR count). The molecular formula is C26H23NS. The average molecular weight is 382 g/mol. The molecule has 28 heavy (non-hydrogen) atoms. The van der Waals surface area contributed by atoms with Crippen molar-refractivity contribution in [2.24, 2.45) is 0 Å². The van der Waals surface area contributed by atoms with Crippen LogP contribution in [0.2, 0.25) is 0 Å². The van der Waals surface area contributed by atoms with Crippen LogP contribution in [0.25, 0.3) is 43.0 Å². The lowest BCUT2D eigenvalue weighted by atomic mass is 9.82. The van der Waals surface area contributed by atoms with Crippen LogP contribution in [0, 0.1) is 6.92 Å². The third-order valence-corrected chi connectivity index (χ3v) is 6.52. The van der Waals surface area contributed by atoms with Crippen molar-refractivity contribution >= 4 is 43.1 Å². The molecular weight excluding hydrogens is 358 g/mol. The van der Waals surface area contributed by atoms with E-state index in [2.05, 4.69) is 94.4 Å². The van der Waals surface area contributed by atoms with Gasteiger partial charge in [-0.1, -0.05) is 63.2 Å². The maximum Gasteiger partial charge on any atom is 0.0796 e. The fourth-order valence-corrected chi connectivity index (χ4v) is 5.17. The van der Waals surface area contributed by atoms with Gasteiger partial charge in [-0.25, -0.2) is 4.98 Å². The Morgan fingerprint density at radius 1 is 0.786 bits per heavy atom. The van der Waals surface area contributed by atoms with Gasteiger partial charge >= 0.3 is 0 Å². The molecule has 0 unspecified atom stereocenters. The Balaban J connectivity index is 1.91. The molecule has 1 nitrogen and oxygen atoms in total. The molecule has 0 aliphatic rings. The van der Waals surface area contributed by atoms with Crippen molar-refractivity contribution in [2.75, 3.05) is 0 Å². The smallest absolute Gasteiger partial charge is 0.0796 e. The van der Waals surface area contributed by atoms with Crippen molar-refractivity contribution in [3.05, 3.63) is 77.2 Å². The van der Waals surface area contributed by atoms with Crippen molar-refractivity contribution < 1.29 is 0 Å². The van der Waals surface area contributed by atoms with E-state index in [1.54, 1.807) is 0 Å². The third kappa shape index (κ3) is 2.71. The fraction of sp³-hybridized carbons (Fsp3) is 0.192. The van der Waals surface area contributed by atoms with Crippen molar-refractivity contribution in [3.63, 3.8) is 0 Å². The average Bonchev–Trinajstić information content (AvgIpc) is 3.07. The fourth-order valence-electron chi connectivity index (χ4n) is 4.12. The molecule has 0 aliphatic heterocycles. The van der Waals surface area contributed by atoms with Gasteiger partial charge in [0.05, 0.1) is 11.2 Å². The number of para-hydroxylation sites is 1. The highest BCUT2D eigenvalue weighted by atomic mass is 32.1. The largest absolute Gasteiger partial charge is 0.247 e. The summed E-state index contributed by atoms with van der Waals surface area (Å²) < 4.78 is 1.34. The van der Waals surface area contributed by atoms with Crippen LogP contribution in [-0.2, 0) is 5.41 Å². The zero-order valence-corrected chi connectivity index (χ0v) is 17.5. The van der Waals surface area contributed by atoms with Crippen LogP contribution in [0.3, 0.4) is 0 Å². The zero-order valence-electron chi connectivity index (χ0n) is 16.7. The minimum absolute atomic E-state index is 0.0656. The lowest BCUT2D eigenvalue weighted by Gasteiger charge is -2.23. The van der Waals surface area contributed by atoms with Gasteiger partial charge in [-0.05, 0) is 52.9 Å². The van der Waals surface area contributed by atoms with Gasteiger partial charge in [0.2, 0.25) is 0 Å². The van der Waals surface area contributed by atoms with E-state index in [9.17, 15) is 0 Å². The third-order valence-electron chi connectivity index (χ3n) is 5.43. The van der Waals surface area contributed by atoms with Gasteiger partial charge in [0.1, 0.15) is 0 Å². The summed E-state index contributed by atoms with van der Waals surface area (Å²) in [5.74, 6) is 0. The first kappa shape index (κ1) is 17.4. The van der Waals surface area contributed by atoms with Crippen LogP contribution < -0.4 is 0 Å². The van der Waals surface area contributed by atoms with Crippen LogP contribution in [0.1, 0.15) is 31.2 Å². The molecule has 138 valence electrons. The minimum atomic E-state index is 0.0656. The lowest BCUT2D eigenvalue weighted by molar-refractivity contribution is 0.596. The molecule has 0 bridgehead atoms. The van der Waals surface area contributed by atoms with E-state index in [4.69, 9.17) is 4.98 Å². The molecule has 0 saturated carbocycles.